The molecule has 1 saturated heterocycles. The van der Waals surface area contributed by atoms with Crippen LogP contribution < -0.4 is 10.6 Å². The van der Waals surface area contributed by atoms with Crippen molar-refractivity contribution in [1.82, 2.24) is 25.3 Å². The van der Waals surface area contributed by atoms with Gasteiger partial charge >= 0.3 is 6.09 Å². The van der Waals surface area contributed by atoms with Gasteiger partial charge in [0.2, 0.25) is 23.6 Å². The molecule has 2 rings (SSSR count). The van der Waals surface area contributed by atoms with Gasteiger partial charge in [-0.25, -0.2) is 4.79 Å². The zero-order valence-electron chi connectivity index (χ0n) is 35.7. The predicted molar refractivity (Wildman–Crippen MR) is 214 cm³/mol. The average molecular weight is 788 g/mol. The number of likely N-dealkylation sites (tertiary alicyclic amines) is 1. The number of ether oxygens (including phenoxy) is 2. The number of aliphatic hydroxyl groups is 1. The van der Waals surface area contributed by atoms with Crippen LogP contribution in [0.3, 0.4) is 0 Å². The minimum absolute atomic E-state index is 0.0788. The molecule has 14 nitrogen and oxygen atoms in total. The number of likely N-dealkylation sites (N-methyl/N-ethyl adjacent to an activating group) is 2. The summed E-state index contributed by atoms with van der Waals surface area (Å²) in [5, 5.41) is 16.6. The molecule has 1 aliphatic heterocycles. The van der Waals surface area contributed by atoms with E-state index in [0.29, 0.717) is 31.4 Å². The van der Waals surface area contributed by atoms with E-state index >= 15 is 0 Å². The van der Waals surface area contributed by atoms with E-state index in [2.05, 4.69) is 10.6 Å². The van der Waals surface area contributed by atoms with Gasteiger partial charge in [-0.15, -0.1) is 0 Å². The minimum Gasteiger partial charge on any atom is -0.450 e. The Morgan fingerprint density at radius 3 is 2.07 bits per heavy atom. The number of hydrogen-bond donors (Lipinski definition) is 3. The lowest BCUT2D eigenvalue weighted by Crippen LogP contribution is -2.60. The summed E-state index contributed by atoms with van der Waals surface area (Å²) in [6, 6.07) is 5.48. The molecule has 316 valence electrons. The Labute approximate surface area is 334 Å². The maximum Gasteiger partial charge on any atom is 0.410 e. The number of carbonyl (C=O) groups excluding carboxylic acids is 6. The molecule has 0 aliphatic carbocycles. The molecule has 1 fully saturated rings. The van der Waals surface area contributed by atoms with E-state index in [4.69, 9.17) is 9.47 Å². The molecule has 3 N–H and O–H groups in total. The molecule has 0 radical (unpaired) electrons. The second-order valence-electron chi connectivity index (χ2n) is 16.0. The van der Waals surface area contributed by atoms with Crippen LogP contribution in [0.4, 0.5) is 4.79 Å². The van der Waals surface area contributed by atoms with Crippen molar-refractivity contribution in [2.45, 2.75) is 130 Å². The van der Waals surface area contributed by atoms with Gasteiger partial charge in [0.1, 0.15) is 18.4 Å². The Morgan fingerprint density at radius 1 is 0.929 bits per heavy atom. The molecule has 14 heteroatoms. The molecule has 0 aromatic heterocycles. The van der Waals surface area contributed by atoms with E-state index in [9.17, 15) is 33.9 Å². The van der Waals surface area contributed by atoms with Crippen molar-refractivity contribution in [3.8, 4) is 0 Å². The lowest BCUT2D eigenvalue weighted by molar-refractivity contribution is -0.147. The Balaban J connectivity index is 2.28. The molecule has 0 saturated carbocycles. The number of carbonyl (C=O) groups is 6. The molecule has 1 heterocycles. The highest BCUT2D eigenvalue weighted by atomic mass is 16.6. The number of benzene rings is 1. The molecule has 0 spiro atoms. The molecular weight excluding hydrogens is 718 g/mol. The number of amides is 5. The van der Waals surface area contributed by atoms with Gasteiger partial charge in [-0.3, -0.25) is 24.1 Å². The number of aldehydes is 1. The summed E-state index contributed by atoms with van der Waals surface area (Å²) in [6.07, 6.45) is 0.215. The maximum atomic E-state index is 14.3. The summed E-state index contributed by atoms with van der Waals surface area (Å²) < 4.78 is 11.1. The van der Waals surface area contributed by atoms with Crippen molar-refractivity contribution in [1.29, 1.82) is 0 Å². The zero-order chi connectivity index (χ0) is 42.4. The lowest BCUT2D eigenvalue weighted by atomic mass is 9.85. The van der Waals surface area contributed by atoms with E-state index in [-0.39, 0.29) is 42.6 Å². The van der Waals surface area contributed by atoms with Crippen LogP contribution in [0.15, 0.2) is 30.3 Å². The van der Waals surface area contributed by atoms with Gasteiger partial charge in [-0.2, -0.15) is 0 Å². The number of nitrogens with one attached hydrogen (secondary N) is 2. The fraction of sp³-hybridized carbons (Fsp3) is 0.714. The van der Waals surface area contributed by atoms with Crippen LogP contribution in [0, 0.1) is 29.6 Å². The number of hydrogen-bond acceptors (Lipinski definition) is 9. The third kappa shape index (κ3) is 12.2. The van der Waals surface area contributed by atoms with Gasteiger partial charge in [0.05, 0.1) is 37.3 Å². The number of rotatable bonds is 21. The van der Waals surface area contributed by atoms with Crippen LogP contribution in [0.1, 0.15) is 99.7 Å². The second-order valence-corrected chi connectivity index (χ2v) is 16.0. The Kier molecular flexibility index (Phi) is 19.4. The largest absolute Gasteiger partial charge is 0.450 e. The van der Waals surface area contributed by atoms with E-state index in [0.717, 1.165) is 6.29 Å². The van der Waals surface area contributed by atoms with Crippen molar-refractivity contribution in [3.05, 3.63) is 35.9 Å². The van der Waals surface area contributed by atoms with Gasteiger partial charge in [0.25, 0.3) is 0 Å². The Bertz CT molecular complexity index is 1440. The summed E-state index contributed by atoms with van der Waals surface area (Å²) in [5.41, 5.74) is 0.659. The van der Waals surface area contributed by atoms with Crippen molar-refractivity contribution in [3.63, 3.8) is 0 Å². The van der Waals surface area contributed by atoms with E-state index < -0.39 is 72.2 Å². The van der Waals surface area contributed by atoms with Crippen LogP contribution in [-0.2, 0) is 33.4 Å². The summed E-state index contributed by atoms with van der Waals surface area (Å²) in [7, 11) is 4.65. The minimum atomic E-state index is -0.942. The number of nitrogens with zero attached hydrogens (tertiary/aromatic N) is 3. The fourth-order valence-electron chi connectivity index (χ4n) is 7.85. The fourth-order valence-corrected chi connectivity index (χ4v) is 7.85. The quantitative estimate of drug-likeness (QED) is 0.154. The highest BCUT2D eigenvalue weighted by Crippen LogP contribution is 2.31. The maximum absolute atomic E-state index is 14.3. The van der Waals surface area contributed by atoms with Crippen molar-refractivity contribution in [2.24, 2.45) is 29.6 Å². The Morgan fingerprint density at radius 2 is 1.55 bits per heavy atom. The van der Waals surface area contributed by atoms with Crippen molar-refractivity contribution in [2.75, 3.05) is 34.4 Å². The monoisotopic (exact) mass is 788 g/mol. The first-order valence-corrected chi connectivity index (χ1v) is 20.2. The molecule has 1 aliphatic rings. The van der Waals surface area contributed by atoms with Crippen molar-refractivity contribution >= 4 is 36.0 Å². The molecule has 0 bridgehead atoms. The summed E-state index contributed by atoms with van der Waals surface area (Å²) in [6.45, 7) is 16.9. The average Bonchev–Trinajstić information content (AvgIpc) is 3.65. The zero-order valence-corrected chi connectivity index (χ0v) is 35.7. The van der Waals surface area contributed by atoms with E-state index in [1.807, 2.05) is 47.6 Å². The van der Waals surface area contributed by atoms with Gasteiger partial charge in [0.15, 0.2) is 0 Å². The SMILES string of the molecule is CCOC(=O)N(C)C(C(=O)N[C@H](C(=O)N(C)[C@@H]([C@@H](C)CC)[C@@H](CC(=O)N1CCC[C@H]1[C@H](C=O)[C@@H](C)C(=O)N[C@H](C)[C@@H](O)c1ccccc1)OC)C(C)C)C(C)C. The van der Waals surface area contributed by atoms with Gasteiger partial charge in [-0.05, 0) is 50.0 Å². The van der Waals surface area contributed by atoms with Crippen LogP contribution >= 0.6 is 0 Å². The van der Waals surface area contributed by atoms with Gasteiger partial charge in [0, 0.05) is 45.6 Å². The first-order valence-electron chi connectivity index (χ1n) is 20.2. The van der Waals surface area contributed by atoms with Gasteiger partial charge < -0.3 is 39.8 Å². The molecule has 1 unspecified atom stereocenters. The van der Waals surface area contributed by atoms with Crippen LogP contribution in [0.25, 0.3) is 0 Å². The van der Waals surface area contributed by atoms with Crippen LogP contribution in [-0.4, -0.2) is 126 Å². The predicted octanol–water partition coefficient (Wildman–Crippen LogP) is 4.20. The molecule has 5 amide bonds. The second kappa shape index (κ2) is 22.6. The van der Waals surface area contributed by atoms with Crippen molar-refractivity contribution < 1.29 is 43.3 Å². The van der Waals surface area contributed by atoms with Gasteiger partial charge in [-0.1, -0.05) is 85.2 Å². The Hall–Kier alpha value is -4.04. The topological polar surface area (TPSA) is 175 Å². The molecule has 56 heavy (non-hydrogen) atoms. The normalized spacial score (nSPS) is 19.1. The third-order valence-electron chi connectivity index (χ3n) is 11.4. The first-order chi connectivity index (χ1) is 26.4. The summed E-state index contributed by atoms with van der Waals surface area (Å²) in [4.78, 5) is 85.2. The third-order valence-corrected chi connectivity index (χ3v) is 11.4. The summed E-state index contributed by atoms with van der Waals surface area (Å²) in [5.74, 6) is -3.76. The molecular formula is C42H69N5O9. The standard InChI is InChI=1S/C42H69N5O9/c1-13-27(7)37(45(10)41(53)35(25(3)4)44-40(52)36(26(5)6)46(11)42(54)56-14-2)33(55-12)23-34(49)47-22-18-21-32(47)31(24-48)28(8)39(51)43-29(9)38(50)30-19-16-15-17-20-30/h15-17,19-20,24-29,31-33,35-38,50H,13-14,18,21-23H2,1-12H3,(H,43,51)(H,44,52)/t27-,28+,29+,31+,32-,33+,35-,36?,37-,38+/m0/s1. The molecule has 10 atom stereocenters. The van der Waals surface area contributed by atoms with Crippen LogP contribution in [0.5, 0.6) is 0 Å². The van der Waals surface area contributed by atoms with E-state index in [1.54, 1.807) is 61.9 Å². The highest BCUT2D eigenvalue weighted by molar-refractivity contribution is 5.92. The van der Waals surface area contributed by atoms with Crippen LogP contribution in [0.2, 0.25) is 0 Å². The molecule has 1 aromatic rings. The van der Waals surface area contributed by atoms with E-state index in [1.165, 1.54) is 19.1 Å². The number of methoxy groups -OCH3 is 1. The molecule has 1 aromatic carbocycles. The smallest absolute Gasteiger partial charge is 0.410 e. The lowest BCUT2D eigenvalue weighted by Gasteiger charge is -2.41. The first kappa shape index (κ1) is 48.1. The number of aliphatic hydroxyl groups excluding tert-OH is 1. The summed E-state index contributed by atoms with van der Waals surface area (Å²) >= 11 is 0. The highest BCUT2D eigenvalue weighted by Gasteiger charge is 2.43.